The summed E-state index contributed by atoms with van der Waals surface area (Å²) in [5.41, 5.74) is 10.4. The number of hydrogen-bond acceptors (Lipinski definition) is 5. The van der Waals surface area contributed by atoms with Crippen LogP contribution >= 0.6 is 23.8 Å². The van der Waals surface area contributed by atoms with E-state index in [-0.39, 0.29) is 10.6 Å². The topological polar surface area (TPSA) is 103 Å². The SMILES string of the molecule is NC(=S)Nn1ccc2c(nnc3c(-c4ccc(Cl)cc4)cnn32)c1=O. The average Bonchev–Trinajstić information content (AvgIpc) is 3.02. The van der Waals surface area contributed by atoms with E-state index in [1.165, 1.54) is 6.20 Å². The molecule has 0 saturated heterocycles. The number of halogens is 1. The van der Waals surface area contributed by atoms with E-state index >= 15 is 0 Å². The van der Waals surface area contributed by atoms with Crippen molar-refractivity contribution in [1.82, 2.24) is 24.5 Å². The lowest BCUT2D eigenvalue weighted by molar-refractivity contribution is 0.889. The lowest BCUT2D eigenvalue weighted by Gasteiger charge is -2.08. The van der Waals surface area contributed by atoms with Gasteiger partial charge in [0.05, 0.1) is 6.20 Å². The van der Waals surface area contributed by atoms with Gasteiger partial charge in [0, 0.05) is 16.8 Å². The molecule has 1 aromatic carbocycles. The Morgan fingerprint density at radius 1 is 1.20 bits per heavy atom. The van der Waals surface area contributed by atoms with Gasteiger partial charge in [-0.2, -0.15) is 5.10 Å². The molecule has 0 aliphatic carbocycles. The largest absolute Gasteiger partial charge is 0.375 e. The Hall–Kier alpha value is -3.04. The number of nitrogens with zero attached hydrogens (tertiary/aromatic N) is 5. The highest BCUT2D eigenvalue weighted by molar-refractivity contribution is 7.80. The minimum absolute atomic E-state index is 0.0281. The van der Waals surface area contributed by atoms with Crippen molar-refractivity contribution in [3.05, 3.63) is 58.1 Å². The third-order valence-electron chi connectivity index (χ3n) is 3.65. The van der Waals surface area contributed by atoms with Crippen molar-refractivity contribution in [1.29, 1.82) is 0 Å². The van der Waals surface area contributed by atoms with E-state index < -0.39 is 5.56 Å². The number of thiocarbonyl (C=S) groups is 1. The lowest BCUT2D eigenvalue weighted by Crippen LogP contribution is -2.36. The van der Waals surface area contributed by atoms with Crippen LogP contribution in [0.2, 0.25) is 5.02 Å². The van der Waals surface area contributed by atoms with Crippen LogP contribution in [0.5, 0.6) is 0 Å². The summed E-state index contributed by atoms with van der Waals surface area (Å²) in [5.74, 6) is 0. The molecule has 0 spiro atoms. The van der Waals surface area contributed by atoms with Crippen LogP contribution in [0.25, 0.3) is 27.8 Å². The first-order chi connectivity index (χ1) is 12.0. The summed E-state index contributed by atoms with van der Waals surface area (Å²) in [5, 5.41) is 13.2. The molecule has 8 nitrogen and oxygen atoms in total. The zero-order valence-electron chi connectivity index (χ0n) is 12.5. The molecule has 0 aliphatic heterocycles. The summed E-state index contributed by atoms with van der Waals surface area (Å²) < 4.78 is 2.72. The third kappa shape index (κ3) is 2.59. The van der Waals surface area contributed by atoms with Crippen LogP contribution in [0.1, 0.15) is 0 Å². The summed E-state index contributed by atoms with van der Waals surface area (Å²) in [6.45, 7) is 0. The van der Waals surface area contributed by atoms with Gasteiger partial charge in [0.15, 0.2) is 16.3 Å². The van der Waals surface area contributed by atoms with Crippen LogP contribution in [0, 0.1) is 0 Å². The molecular formula is C15H10ClN7OS. The van der Waals surface area contributed by atoms with Crippen molar-refractivity contribution in [2.75, 3.05) is 5.43 Å². The van der Waals surface area contributed by atoms with Crippen LogP contribution in [0.4, 0.5) is 0 Å². The van der Waals surface area contributed by atoms with Gasteiger partial charge in [-0.3, -0.25) is 10.2 Å². The lowest BCUT2D eigenvalue weighted by atomic mass is 10.1. The van der Waals surface area contributed by atoms with Gasteiger partial charge < -0.3 is 5.73 Å². The molecule has 25 heavy (non-hydrogen) atoms. The first-order valence-electron chi connectivity index (χ1n) is 7.13. The number of aromatic nitrogens is 5. The molecule has 4 aromatic rings. The molecule has 0 atom stereocenters. The Bertz CT molecular complexity index is 1180. The Balaban J connectivity index is 1.94. The Morgan fingerprint density at radius 3 is 2.68 bits per heavy atom. The zero-order valence-corrected chi connectivity index (χ0v) is 14.1. The van der Waals surface area contributed by atoms with Gasteiger partial charge in [-0.15, -0.1) is 10.2 Å². The minimum atomic E-state index is -0.428. The summed E-state index contributed by atoms with van der Waals surface area (Å²) in [7, 11) is 0. The summed E-state index contributed by atoms with van der Waals surface area (Å²) in [6, 6.07) is 9.00. The number of hydrogen-bond donors (Lipinski definition) is 2. The molecule has 0 saturated carbocycles. The highest BCUT2D eigenvalue weighted by Gasteiger charge is 2.14. The highest BCUT2D eigenvalue weighted by Crippen LogP contribution is 2.25. The molecule has 0 amide bonds. The van der Waals surface area contributed by atoms with Crippen molar-refractivity contribution < 1.29 is 0 Å². The molecule has 0 fully saturated rings. The molecule has 0 radical (unpaired) electrons. The first-order valence-corrected chi connectivity index (χ1v) is 7.91. The van der Waals surface area contributed by atoms with Crippen LogP contribution in [0.15, 0.2) is 47.5 Å². The number of nitrogens with two attached hydrogens (primary N) is 1. The zero-order chi connectivity index (χ0) is 17.6. The standard InChI is InChI=1S/C15H10ClN7OS/c16-9-3-1-8(2-4-9)10-7-18-23-11-5-6-22(21-15(17)25)14(24)12(11)19-20-13(10)23/h1-7H,(H3,17,21,25). The maximum atomic E-state index is 12.4. The van der Waals surface area contributed by atoms with E-state index in [1.54, 1.807) is 28.9 Å². The number of nitrogens with one attached hydrogen (secondary N) is 1. The van der Waals surface area contributed by atoms with Gasteiger partial charge >= 0.3 is 0 Å². The third-order valence-corrected chi connectivity index (χ3v) is 3.99. The maximum absolute atomic E-state index is 12.4. The molecule has 3 heterocycles. The number of benzene rings is 1. The molecule has 0 unspecified atom stereocenters. The van der Waals surface area contributed by atoms with Crippen molar-refractivity contribution in [3.63, 3.8) is 0 Å². The van der Waals surface area contributed by atoms with Gasteiger partial charge in [0.2, 0.25) is 0 Å². The predicted molar refractivity (Wildman–Crippen MR) is 99.1 cm³/mol. The number of fused-ring (bicyclic) bond motifs is 3. The van der Waals surface area contributed by atoms with Crippen molar-refractivity contribution in [3.8, 4) is 11.1 Å². The molecule has 124 valence electrons. The molecule has 4 rings (SSSR count). The fourth-order valence-electron chi connectivity index (χ4n) is 2.53. The van der Waals surface area contributed by atoms with Gasteiger partial charge in [0.25, 0.3) is 5.56 Å². The smallest absolute Gasteiger partial charge is 0.299 e. The molecular weight excluding hydrogens is 362 g/mol. The predicted octanol–water partition coefficient (Wildman–Crippen LogP) is 1.55. The molecule has 0 bridgehead atoms. The Labute approximate surface area is 150 Å². The Morgan fingerprint density at radius 2 is 1.96 bits per heavy atom. The van der Waals surface area contributed by atoms with E-state index in [9.17, 15) is 4.79 Å². The summed E-state index contributed by atoms with van der Waals surface area (Å²) >= 11 is 10.7. The van der Waals surface area contributed by atoms with E-state index in [4.69, 9.17) is 29.6 Å². The summed E-state index contributed by atoms with van der Waals surface area (Å²) in [4.78, 5) is 12.4. The first kappa shape index (κ1) is 15.5. The monoisotopic (exact) mass is 371 g/mol. The second-order valence-electron chi connectivity index (χ2n) is 5.20. The molecule has 3 aromatic heterocycles. The van der Waals surface area contributed by atoms with Crippen molar-refractivity contribution in [2.24, 2.45) is 5.73 Å². The molecule has 10 heteroatoms. The van der Waals surface area contributed by atoms with E-state index in [0.717, 1.165) is 15.8 Å². The van der Waals surface area contributed by atoms with Gasteiger partial charge in [-0.25, -0.2) is 9.19 Å². The fourth-order valence-corrected chi connectivity index (χ4v) is 2.76. The summed E-state index contributed by atoms with van der Waals surface area (Å²) in [6.07, 6.45) is 3.18. The van der Waals surface area contributed by atoms with Crippen LogP contribution in [-0.2, 0) is 0 Å². The second-order valence-corrected chi connectivity index (χ2v) is 6.08. The van der Waals surface area contributed by atoms with Crippen molar-refractivity contribution >= 4 is 45.6 Å². The van der Waals surface area contributed by atoms with Crippen LogP contribution in [-0.4, -0.2) is 29.6 Å². The molecule has 0 aliphatic rings. The molecule has 3 N–H and O–H groups in total. The van der Waals surface area contributed by atoms with Gasteiger partial charge in [-0.05, 0) is 36.0 Å². The van der Waals surface area contributed by atoms with Crippen molar-refractivity contribution in [2.45, 2.75) is 0 Å². The normalized spacial score (nSPS) is 11.1. The second kappa shape index (κ2) is 5.80. The number of rotatable bonds is 2. The maximum Gasteiger partial charge on any atom is 0.299 e. The van der Waals surface area contributed by atoms with E-state index in [2.05, 4.69) is 20.7 Å². The Kier molecular flexibility index (Phi) is 3.59. The van der Waals surface area contributed by atoms with Crippen LogP contribution < -0.4 is 16.7 Å². The fraction of sp³-hybridized carbons (Fsp3) is 0. The highest BCUT2D eigenvalue weighted by atomic mass is 35.5. The van der Waals surface area contributed by atoms with Gasteiger partial charge in [-0.1, -0.05) is 23.7 Å². The van der Waals surface area contributed by atoms with Gasteiger partial charge in [0.1, 0.15) is 5.52 Å². The quantitative estimate of drug-likeness (QED) is 0.515. The van der Waals surface area contributed by atoms with E-state index in [1.807, 2.05) is 12.1 Å². The minimum Gasteiger partial charge on any atom is -0.375 e. The average molecular weight is 372 g/mol. The van der Waals surface area contributed by atoms with Crippen LogP contribution in [0.3, 0.4) is 0 Å². The number of pyridine rings is 1. The van der Waals surface area contributed by atoms with E-state index in [0.29, 0.717) is 16.2 Å².